The molecule has 104 valence electrons. The Balaban J connectivity index is 2.21. The Morgan fingerprint density at radius 3 is 2.95 bits per heavy atom. The van der Waals surface area contributed by atoms with Crippen LogP contribution >= 0.6 is 11.6 Å². The van der Waals surface area contributed by atoms with Gasteiger partial charge < -0.3 is 10.1 Å². The number of anilines is 1. The fraction of sp³-hybridized carbons (Fsp3) is 0.333. The number of aromatic nitrogens is 1. The number of fused-ring (bicyclic) bond motifs is 1. The molecule has 0 atom stereocenters. The molecule has 5 heteroatoms. The minimum absolute atomic E-state index is 0.468. The first-order chi connectivity index (χ1) is 9.74. The highest BCUT2D eigenvalue weighted by atomic mass is 35.5. The van der Waals surface area contributed by atoms with Crippen LogP contribution in [-0.4, -0.2) is 18.6 Å². The van der Waals surface area contributed by atoms with E-state index in [1.54, 1.807) is 13.2 Å². The fourth-order valence-corrected chi connectivity index (χ4v) is 2.14. The van der Waals surface area contributed by atoms with Gasteiger partial charge in [-0.1, -0.05) is 11.6 Å². The second-order valence-electron chi connectivity index (χ2n) is 4.42. The topological polar surface area (TPSA) is 57.9 Å². The van der Waals surface area contributed by atoms with E-state index >= 15 is 0 Å². The third-order valence-corrected chi connectivity index (χ3v) is 3.21. The summed E-state index contributed by atoms with van der Waals surface area (Å²) < 4.78 is 5.29. The average molecular weight is 290 g/mol. The quantitative estimate of drug-likeness (QED) is 0.645. The summed E-state index contributed by atoms with van der Waals surface area (Å²) in [5.74, 6) is 0.779. The smallest absolute Gasteiger partial charge is 0.129 e. The summed E-state index contributed by atoms with van der Waals surface area (Å²) >= 11 is 5.96. The number of halogens is 1. The molecule has 1 heterocycles. The lowest BCUT2D eigenvalue weighted by Gasteiger charge is -2.11. The number of ether oxygens (including phenoxy) is 1. The summed E-state index contributed by atoms with van der Waals surface area (Å²) in [4.78, 5) is 4.36. The molecule has 20 heavy (non-hydrogen) atoms. The molecule has 0 amide bonds. The van der Waals surface area contributed by atoms with E-state index in [4.69, 9.17) is 21.6 Å². The Hall–Kier alpha value is -1.99. The summed E-state index contributed by atoms with van der Waals surface area (Å²) in [7, 11) is 1.64. The van der Waals surface area contributed by atoms with Crippen LogP contribution in [0.3, 0.4) is 0 Å². The second-order valence-corrected chi connectivity index (χ2v) is 4.81. The summed E-state index contributed by atoms with van der Waals surface area (Å²) in [5.41, 5.74) is 1.73. The molecular formula is C15H16ClN3O. The van der Waals surface area contributed by atoms with Gasteiger partial charge in [-0.25, -0.2) is 4.98 Å². The van der Waals surface area contributed by atoms with Gasteiger partial charge in [-0.05, 0) is 31.0 Å². The highest BCUT2D eigenvalue weighted by Gasteiger charge is 2.06. The molecule has 0 saturated carbocycles. The molecule has 1 aromatic heterocycles. The number of hydrogen-bond acceptors (Lipinski definition) is 4. The lowest BCUT2D eigenvalue weighted by Crippen LogP contribution is -2.03. The number of nitriles is 1. The average Bonchev–Trinajstić information content (AvgIpc) is 2.47. The molecule has 0 fully saturated rings. The third kappa shape index (κ3) is 3.52. The predicted molar refractivity (Wildman–Crippen MR) is 81.3 cm³/mol. The van der Waals surface area contributed by atoms with Crippen molar-refractivity contribution in [2.45, 2.75) is 19.3 Å². The third-order valence-electron chi connectivity index (χ3n) is 3.00. The van der Waals surface area contributed by atoms with Crippen molar-refractivity contribution in [2.75, 3.05) is 19.0 Å². The zero-order valence-electron chi connectivity index (χ0n) is 11.3. The Morgan fingerprint density at radius 1 is 1.35 bits per heavy atom. The van der Waals surface area contributed by atoms with Crippen molar-refractivity contribution in [1.82, 2.24) is 4.98 Å². The largest absolute Gasteiger partial charge is 0.497 e. The minimum atomic E-state index is 0.468. The van der Waals surface area contributed by atoms with E-state index in [1.807, 2.05) is 18.2 Å². The van der Waals surface area contributed by atoms with Crippen LogP contribution in [0.1, 0.15) is 19.3 Å². The maximum Gasteiger partial charge on any atom is 0.129 e. The van der Waals surface area contributed by atoms with Crippen LogP contribution in [0.15, 0.2) is 24.3 Å². The Labute approximate surface area is 123 Å². The van der Waals surface area contributed by atoms with Gasteiger partial charge in [-0.2, -0.15) is 5.26 Å². The number of unbranched alkanes of at least 4 members (excludes halogenated alkanes) is 2. The Bertz CT molecular complexity index is 637. The Kier molecular flexibility index (Phi) is 5.03. The molecule has 1 N–H and O–H groups in total. The summed E-state index contributed by atoms with van der Waals surface area (Å²) in [6, 6.07) is 9.68. The van der Waals surface area contributed by atoms with Crippen molar-refractivity contribution >= 4 is 28.2 Å². The Morgan fingerprint density at radius 2 is 2.20 bits per heavy atom. The van der Waals surface area contributed by atoms with Crippen molar-refractivity contribution in [3.63, 3.8) is 0 Å². The summed E-state index contributed by atoms with van der Waals surface area (Å²) in [5, 5.41) is 13.3. The van der Waals surface area contributed by atoms with Gasteiger partial charge in [0, 0.05) is 24.4 Å². The maximum atomic E-state index is 8.51. The van der Waals surface area contributed by atoms with Crippen LogP contribution in [0, 0.1) is 11.3 Å². The summed E-state index contributed by atoms with van der Waals surface area (Å²) in [6.45, 7) is 0.790. The highest BCUT2D eigenvalue weighted by molar-refractivity contribution is 6.29. The van der Waals surface area contributed by atoms with Gasteiger partial charge in [0.1, 0.15) is 10.9 Å². The van der Waals surface area contributed by atoms with Crippen LogP contribution in [0.25, 0.3) is 10.9 Å². The van der Waals surface area contributed by atoms with Gasteiger partial charge >= 0.3 is 0 Å². The molecule has 0 aliphatic carbocycles. The van der Waals surface area contributed by atoms with Crippen LogP contribution in [0.4, 0.5) is 5.69 Å². The van der Waals surface area contributed by atoms with Crippen LogP contribution in [-0.2, 0) is 0 Å². The number of rotatable bonds is 6. The molecule has 1 aromatic carbocycles. The number of pyridine rings is 1. The molecule has 0 spiro atoms. The molecule has 0 aliphatic rings. The molecule has 0 radical (unpaired) electrons. The molecule has 2 rings (SSSR count). The molecule has 0 bridgehead atoms. The van der Waals surface area contributed by atoms with E-state index in [9.17, 15) is 0 Å². The number of hydrogen-bond donors (Lipinski definition) is 1. The molecule has 0 unspecified atom stereocenters. The van der Waals surface area contributed by atoms with Crippen molar-refractivity contribution in [2.24, 2.45) is 0 Å². The van der Waals surface area contributed by atoms with Gasteiger partial charge in [0.25, 0.3) is 0 Å². The minimum Gasteiger partial charge on any atom is -0.497 e. The van der Waals surface area contributed by atoms with Gasteiger partial charge in [0.15, 0.2) is 0 Å². The van der Waals surface area contributed by atoms with Crippen molar-refractivity contribution < 1.29 is 4.74 Å². The highest BCUT2D eigenvalue weighted by Crippen LogP contribution is 2.29. The van der Waals surface area contributed by atoms with Crippen LogP contribution in [0.2, 0.25) is 5.15 Å². The normalized spacial score (nSPS) is 10.2. The number of benzene rings is 1. The van der Waals surface area contributed by atoms with E-state index in [0.29, 0.717) is 11.6 Å². The molecule has 2 aromatic rings. The first-order valence-corrected chi connectivity index (χ1v) is 6.87. The van der Waals surface area contributed by atoms with E-state index in [2.05, 4.69) is 16.4 Å². The van der Waals surface area contributed by atoms with Gasteiger partial charge in [-0.3, -0.25) is 0 Å². The maximum absolute atomic E-state index is 8.51. The van der Waals surface area contributed by atoms with Crippen LogP contribution < -0.4 is 10.1 Å². The van der Waals surface area contributed by atoms with E-state index < -0.39 is 0 Å². The van der Waals surface area contributed by atoms with Gasteiger partial charge in [0.05, 0.1) is 24.4 Å². The van der Waals surface area contributed by atoms with E-state index in [1.165, 1.54) is 0 Å². The first-order valence-electron chi connectivity index (χ1n) is 6.49. The van der Waals surface area contributed by atoms with Crippen molar-refractivity contribution in [3.05, 3.63) is 29.4 Å². The van der Waals surface area contributed by atoms with Gasteiger partial charge in [0.2, 0.25) is 0 Å². The standard InChI is InChI=1S/C15H16ClN3O/c1-20-12-9-11-5-6-14(16)19-15(11)13(10-12)18-8-4-2-3-7-17/h5-6,9-10,18H,2-4,8H2,1H3. The number of nitrogens with zero attached hydrogens (tertiary/aromatic N) is 2. The fourth-order valence-electron chi connectivity index (χ4n) is 1.99. The van der Waals surface area contributed by atoms with Crippen LogP contribution in [0.5, 0.6) is 5.75 Å². The second kappa shape index (κ2) is 6.97. The zero-order chi connectivity index (χ0) is 14.4. The molecule has 4 nitrogen and oxygen atoms in total. The lowest BCUT2D eigenvalue weighted by molar-refractivity contribution is 0.415. The van der Waals surface area contributed by atoms with E-state index in [-0.39, 0.29) is 0 Å². The predicted octanol–water partition coefficient (Wildman–Crippen LogP) is 4.00. The number of methoxy groups -OCH3 is 1. The van der Waals surface area contributed by atoms with Crippen molar-refractivity contribution in [1.29, 1.82) is 5.26 Å². The molecule has 0 aliphatic heterocycles. The first kappa shape index (κ1) is 14.4. The van der Waals surface area contributed by atoms with E-state index in [0.717, 1.165) is 41.7 Å². The number of nitrogens with one attached hydrogen (secondary N) is 1. The monoisotopic (exact) mass is 289 g/mol. The summed E-state index contributed by atoms with van der Waals surface area (Å²) in [6.07, 6.45) is 2.41. The van der Waals surface area contributed by atoms with Crippen molar-refractivity contribution in [3.8, 4) is 11.8 Å². The zero-order valence-corrected chi connectivity index (χ0v) is 12.1. The lowest BCUT2D eigenvalue weighted by atomic mass is 10.1. The molecule has 0 saturated heterocycles. The molecular weight excluding hydrogens is 274 g/mol. The van der Waals surface area contributed by atoms with Gasteiger partial charge in [-0.15, -0.1) is 0 Å². The SMILES string of the molecule is COc1cc(NCCCCC#N)c2nc(Cl)ccc2c1.